The van der Waals surface area contributed by atoms with Gasteiger partial charge < -0.3 is 15.0 Å². The molecular formula is C15H19N3O2S. The van der Waals surface area contributed by atoms with Crippen molar-refractivity contribution >= 4 is 17.2 Å². The van der Waals surface area contributed by atoms with E-state index in [-0.39, 0.29) is 11.9 Å². The molecule has 21 heavy (non-hydrogen) atoms. The van der Waals surface area contributed by atoms with Crippen LogP contribution in [0.15, 0.2) is 35.2 Å². The van der Waals surface area contributed by atoms with Gasteiger partial charge in [-0.05, 0) is 48.6 Å². The summed E-state index contributed by atoms with van der Waals surface area (Å²) in [6.45, 7) is 0.528. The van der Waals surface area contributed by atoms with Crippen molar-refractivity contribution in [3.63, 3.8) is 0 Å². The molecule has 0 aliphatic rings. The first-order valence-corrected chi connectivity index (χ1v) is 7.53. The standard InChI is InChI=1S/C15H19N3O2S/c1-18(2)13(11-6-8-21-10-11)9-17-14(19)12-5-4-7-16-15(12)20-3/h4-8,10,13H,9H2,1-3H3,(H,17,19)/t13-/m0/s1. The van der Waals surface area contributed by atoms with Crippen molar-refractivity contribution in [3.05, 3.63) is 46.3 Å². The number of methoxy groups -OCH3 is 1. The molecule has 0 aliphatic carbocycles. The maximum absolute atomic E-state index is 12.3. The Morgan fingerprint density at radius 1 is 1.48 bits per heavy atom. The fourth-order valence-electron chi connectivity index (χ4n) is 2.07. The lowest BCUT2D eigenvalue weighted by Gasteiger charge is -2.24. The van der Waals surface area contributed by atoms with Crippen LogP contribution in [0.1, 0.15) is 22.0 Å². The fourth-order valence-corrected chi connectivity index (χ4v) is 2.78. The molecule has 0 radical (unpaired) electrons. The number of pyridine rings is 1. The molecule has 0 saturated carbocycles. The maximum Gasteiger partial charge on any atom is 0.256 e. The van der Waals surface area contributed by atoms with Crippen LogP contribution in [-0.4, -0.2) is 43.5 Å². The van der Waals surface area contributed by atoms with Crippen molar-refractivity contribution in [1.29, 1.82) is 0 Å². The Morgan fingerprint density at radius 2 is 2.29 bits per heavy atom. The summed E-state index contributed by atoms with van der Waals surface area (Å²) in [5.74, 6) is 0.161. The quantitative estimate of drug-likeness (QED) is 0.889. The normalized spacial score (nSPS) is 12.2. The molecule has 2 heterocycles. The number of likely N-dealkylation sites (N-methyl/N-ethyl adjacent to an activating group) is 1. The van der Waals surface area contributed by atoms with Gasteiger partial charge >= 0.3 is 0 Å². The average Bonchev–Trinajstić information content (AvgIpc) is 3.01. The first-order valence-electron chi connectivity index (χ1n) is 6.59. The molecule has 112 valence electrons. The Bertz CT molecular complexity index is 584. The van der Waals surface area contributed by atoms with Gasteiger partial charge in [0.25, 0.3) is 5.91 Å². The minimum absolute atomic E-state index is 0.142. The van der Waals surface area contributed by atoms with Gasteiger partial charge in [-0.25, -0.2) is 4.98 Å². The lowest BCUT2D eigenvalue weighted by atomic mass is 10.1. The lowest BCUT2D eigenvalue weighted by molar-refractivity contribution is 0.0938. The zero-order chi connectivity index (χ0) is 15.2. The summed E-state index contributed by atoms with van der Waals surface area (Å²) in [6, 6.07) is 5.64. The zero-order valence-corrected chi connectivity index (χ0v) is 13.2. The third kappa shape index (κ3) is 3.80. The van der Waals surface area contributed by atoms with Crippen molar-refractivity contribution in [2.45, 2.75) is 6.04 Å². The molecule has 0 aliphatic heterocycles. The smallest absolute Gasteiger partial charge is 0.256 e. The van der Waals surface area contributed by atoms with Gasteiger partial charge in [-0.15, -0.1) is 0 Å². The summed E-state index contributed by atoms with van der Waals surface area (Å²) in [5, 5.41) is 7.09. The number of ether oxygens (including phenoxy) is 1. The van der Waals surface area contributed by atoms with E-state index >= 15 is 0 Å². The summed E-state index contributed by atoms with van der Waals surface area (Å²) in [6.07, 6.45) is 1.60. The second-order valence-corrected chi connectivity index (χ2v) is 5.59. The predicted octanol–water partition coefficient (Wildman–Crippen LogP) is 2.18. The highest BCUT2D eigenvalue weighted by Crippen LogP contribution is 2.20. The first-order chi connectivity index (χ1) is 10.1. The van der Waals surface area contributed by atoms with E-state index in [1.54, 1.807) is 29.7 Å². The summed E-state index contributed by atoms with van der Waals surface area (Å²) in [5.41, 5.74) is 1.64. The van der Waals surface area contributed by atoms with E-state index in [2.05, 4.69) is 26.6 Å². The molecule has 5 nitrogen and oxygen atoms in total. The van der Waals surface area contributed by atoms with Crippen LogP contribution in [0.3, 0.4) is 0 Å². The number of hydrogen-bond acceptors (Lipinski definition) is 5. The van der Waals surface area contributed by atoms with Crippen LogP contribution in [0, 0.1) is 0 Å². The number of rotatable bonds is 6. The van der Waals surface area contributed by atoms with Gasteiger partial charge in [0.15, 0.2) is 0 Å². The van der Waals surface area contributed by atoms with E-state index in [4.69, 9.17) is 4.74 Å². The van der Waals surface area contributed by atoms with Gasteiger partial charge in [-0.1, -0.05) is 0 Å². The molecule has 1 atom stereocenters. The Morgan fingerprint density at radius 3 is 2.90 bits per heavy atom. The minimum Gasteiger partial charge on any atom is -0.480 e. The van der Waals surface area contributed by atoms with Gasteiger partial charge in [0.05, 0.1) is 13.2 Å². The van der Waals surface area contributed by atoms with Crippen LogP contribution in [0.5, 0.6) is 5.88 Å². The van der Waals surface area contributed by atoms with Crippen LogP contribution >= 0.6 is 11.3 Å². The van der Waals surface area contributed by atoms with Gasteiger partial charge in [0.1, 0.15) is 5.56 Å². The van der Waals surface area contributed by atoms with Crippen molar-refractivity contribution in [1.82, 2.24) is 15.2 Å². The molecule has 0 bridgehead atoms. The number of aromatic nitrogens is 1. The van der Waals surface area contributed by atoms with Crippen molar-refractivity contribution < 1.29 is 9.53 Å². The second kappa shape index (κ2) is 7.19. The molecule has 2 aromatic heterocycles. The summed E-state index contributed by atoms with van der Waals surface area (Å²) < 4.78 is 5.11. The number of carbonyl (C=O) groups excluding carboxylic acids is 1. The molecule has 0 fully saturated rings. The summed E-state index contributed by atoms with van der Waals surface area (Å²) in [7, 11) is 5.51. The third-order valence-corrected chi connectivity index (χ3v) is 3.92. The molecule has 0 unspecified atom stereocenters. The van der Waals surface area contributed by atoms with E-state index < -0.39 is 0 Å². The van der Waals surface area contributed by atoms with E-state index in [0.29, 0.717) is 18.0 Å². The highest BCUT2D eigenvalue weighted by molar-refractivity contribution is 7.07. The molecule has 0 aromatic carbocycles. The Labute approximate surface area is 128 Å². The summed E-state index contributed by atoms with van der Waals surface area (Å²) >= 11 is 1.65. The van der Waals surface area contributed by atoms with Gasteiger partial charge in [-0.2, -0.15) is 11.3 Å². The van der Waals surface area contributed by atoms with E-state index in [9.17, 15) is 4.79 Å². The average molecular weight is 305 g/mol. The highest BCUT2D eigenvalue weighted by Gasteiger charge is 2.18. The largest absolute Gasteiger partial charge is 0.480 e. The molecule has 2 rings (SSSR count). The number of thiophene rings is 1. The van der Waals surface area contributed by atoms with Crippen molar-refractivity contribution in [3.8, 4) is 5.88 Å². The highest BCUT2D eigenvalue weighted by atomic mass is 32.1. The maximum atomic E-state index is 12.3. The topological polar surface area (TPSA) is 54.5 Å². The number of nitrogens with zero attached hydrogens (tertiary/aromatic N) is 2. The SMILES string of the molecule is COc1ncccc1C(=O)NC[C@@H](c1ccsc1)N(C)C. The van der Waals surface area contributed by atoms with Gasteiger partial charge in [-0.3, -0.25) is 4.79 Å². The Hall–Kier alpha value is -1.92. The summed E-state index contributed by atoms with van der Waals surface area (Å²) in [4.78, 5) is 18.4. The van der Waals surface area contributed by atoms with E-state index in [1.165, 1.54) is 12.7 Å². The van der Waals surface area contributed by atoms with Crippen LogP contribution in [0.2, 0.25) is 0 Å². The van der Waals surface area contributed by atoms with Gasteiger partial charge in [0, 0.05) is 12.7 Å². The van der Waals surface area contributed by atoms with Crippen molar-refractivity contribution in [2.24, 2.45) is 0 Å². The number of nitrogens with one attached hydrogen (secondary N) is 1. The molecule has 2 aromatic rings. The number of hydrogen-bond donors (Lipinski definition) is 1. The molecule has 1 N–H and O–H groups in total. The second-order valence-electron chi connectivity index (χ2n) is 4.81. The lowest BCUT2D eigenvalue weighted by Crippen LogP contribution is -2.34. The van der Waals surface area contributed by atoms with Crippen molar-refractivity contribution in [2.75, 3.05) is 27.7 Å². The Balaban J connectivity index is 2.06. The molecule has 0 spiro atoms. The zero-order valence-electron chi connectivity index (χ0n) is 12.4. The monoisotopic (exact) mass is 305 g/mol. The van der Waals surface area contributed by atoms with Gasteiger partial charge in [0.2, 0.25) is 5.88 Å². The minimum atomic E-state index is -0.179. The fraction of sp³-hybridized carbons (Fsp3) is 0.333. The molecule has 0 saturated heterocycles. The molecule has 6 heteroatoms. The number of carbonyl (C=O) groups is 1. The van der Waals surface area contributed by atoms with Crippen LogP contribution in [0.25, 0.3) is 0 Å². The first kappa shape index (κ1) is 15.5. The van der Waals surface area contributed by atoms with Crippen LogP contribution in [-0.2, 0) is 0 Å². The van der Waals surface area contributed by atoms with Crippen LogP contribution < -0.4 is 10.1 Å². The number of amides is 1. The molecular weight excluding hydrogens is 286 g/mol. The Kier molecular flexibility index (Phi) is 5.30. The van der Waals surface area contributed by atoms with Crippen LogP contribution in [0.4, 0.5) is 0 Å². The van der Waals surface area contributed by atoms with E-state index in [0.717, 1.165) is 0 Å². The third-order valence-electron chi connectivity index (χ3n) is 3.22. The van der Waals surface area contributed by atoms with E-state index in [1.807, 2.05) is 19.5 Å². The molecule has 1 amide bonds. The predicted molar refractivity (Wildman–Crippen MR) is 83.9 cm³/mol.